The number of hydrogen-bond acceptors (Lipinski definition) is 1. The fourth-order valence-corrected chi connectivity index (χ4v) is 2.63. The van der Waals surface area contributed by atoms with Crippen LogP contribution in [-0.2, 0) is 0 Å². The van der Waals surface area contributed by atoms with Crippen molar-refractivity contribution < 1.29 is 4.79 Å². The van der Waals surface area contributed by atoms with E-state index in [2.05, 4.69) is 30.4 Å². The molecule has 0 aliphatic carbocycles. The summed E-state index contributed by atoms with van der Waals surface area (Å²) in [6.45, 7) is 5.83. The monoisotopic (exact) mass is 303 g/mol. The summed E-state index contributed by atoms with van der Waals surface area (Å²) in [5, 5.41) is 1.09. The second-order valence-electron chi connectivity index (χ2n) is 6.76. The van der Waals surface area contributed by atoms with Gasteiger partial charge in [-0.1, -0.05) is 75.4 Å². The van der Waals surface area contributed by atoms with Gasteiger partial charge in [0.15, 0.2) is 0 Å². The van der Waals surface area contributed by atoms with Crippen LogP contribution in [0.5, 0.6) is 0 Å². The summed E-state index contributed by atoms with van der Waals surface area (Å²) in [5.74, 6) is 0.108. The maximum absolute atomic E-state index is 12.6. The van der Waals surface area contributed by atoms with Crippen molar-refractivity contribution in [1.82, 2.24) is 4.57 Å². The molecule has 1 aromatic heterocycles. The van der Waals surface area contributed by atoms with Crippen LogP contribution in [0.3, 0.4) is 0 Å². The minimum Gasteiger partial charge on any atom is -0.287 e. The molecule has 0 atom stereocenters. The Morgan fingerprint density at radius 2 is 1.65 bits per heavy atom. The molecule has 0 amide bonds. The topological polar surface area (TPSA) is 22.0 Å². The Labute approximate surface area is 137 Å². The van der Waals surface area contributed by atoms with Gasteiger partial charge < -0.3 is 0 Å². The number of fused-ring (bicyclic) bond motifs is 1. The molecule has 0 bridgehead atoms. The number of carbonyl (C=O) groups excluding carboxylic acids is 1. The first-order valence-corrected chi connectivity index (χ1v) is 7.85. The molecule has 3 rings (SSSR count). The quantitative estimate of drug-likeness (QED) is 0.573. The Morgan fingerprint density at radius 3 is 2.35 bits per heavy atom. The number of rotatable bonds is 2. The average Bonchev–Trinajstić information content (AvgIpc) is 2.96. The third kappa shape index (κ3) is 3.11. The van der Waals surface area contributed by atoms with E-state index >= 15 is 0 Å². The van der Waals surface area contributed by atoms with Crippen molar-refractivity contribution in [2.24, 2.45) is 5.41 Å². The average molecular weight is 303 g/mol. The van der Waals surface area contributed by atoms with E-state index in [9.17, 15) is 4.79 Å². The molecule has 0 unspecified atom stereocenters. The zero-order chi connectivity index (χ0) is 16.4. The standard InChI is InChI=1S/C21H21NO/c1-21(2,3)20(23)22-15-14-18-17(10-7-11-19(18)22)13-12-16-8-5-4-6-9-16/h4-15H,1-3H3. The maximum Gasteiger partial charge on any atom is 0.236 e. The zero-order valence-corrected chi connectivity index (χ0v) is 13.8. The van der Waals surface area contributed by atoms with E-state index < -0.39 is 5.41 Å². The van der Waals surface area contributed by atoms with Gasteiger partial charge in [0.2, 0.25) is 5.91 Å². The number of benzene rings is 2. The number of nitrogens with zero attached hydrogens (tertiary/aromatic N) is 1. The fourth-order valence-electron chi connectivity index (χ4n) is 2.63. The van der Waals surface area contributed by atoms with Crippen molar-refractivity contribution in [3.63, 3.8) is 0 Å². The van der Waals surface area contributed by atoms with Gasteiger partial charge in [-0.25, -0.2) is 0 Å². The molecule has 0 aliphatic heterocycles. The Morgan fingerprint density at radius 1 is 0.913 bits per heavy atom. The van der Waals surface area contributed by atoms with E-state index in [0.717, 1.165) is 22.0 Å². The summed E-state index contributed by atoms with van der Waals surface area (Å²) in [5.41, 5.74) is 2.84. The molecule has 0 fully saturated rings. The van der Waals surface area contributed by atoms with Crippen molar-refractivity contribution in [2.45, 2.75) is 20.8 Å². The predicted octanol–water partition coefficient (Wildman–Crippen LogP) is 5.50. The third-order valence-electron chi connectivity index (χ3n) is 3.88. The molecule has 2 aromatic carbocycles. The van der Waals surface area contributed by atoms with Crippen molar-refractivity contribution >= 4 is 29.0 Å². The third-order valence-corrected chi connectivity index (χ3v) is 3.88. The van der Waals surface area contributed by atoms with Crippen LogP contribution in [0, 0.1) is 5.41 Å². The van der Waals surface area contributed by atoms with Gasteiger partial charge in [-0.3, -0.25) is 9.36 Å². The van der Waals surface area contributed by atoms with Crippen LogP contribution in [0.1, 0.15) is 36.7 Å². The second kappa shape index (κ2) is 5.88. The zero-order valence-electron chi connectivity index (χ0n) is 13.8. The van der Waals surface area contributed by atoms with Crippen LogP contribution in [0.25, 0.3) is 23.1 Å². The van der Waals surface area contributed by atoms with Gasteiger partial charge in [0.1, 0.15) is 0 Å². The smallest absolute Gasteiger partial charge is 0.236 e. The van der Waals surface area contributed by atoms with Gasteiger partial charge in [0.05, 0.1) is 5.52 Å². The summed E-state index contributed by atoms with van der Waals surface area (Å²) in [6.07, 6.45) is 6.07. The maximum atomic E-state index is 12.6. The Hall–Kier alpha value is -2.61. The minimum atomic E-state index is -0.401. The van der Waals surface area contributed by atoms with Gasteiger partial charge in [0.25, 0.3) is 0 Å². The van der Waals surface area contributed by atoms with E-state index in [-0.39, 0.29) is 5.91 Å². The molecule has 2 heteroatoms. The molecule has 0 saturated carbocycles. The summed E-state index contributed by atoms with van der Waals surface area (Å²) >= 11 is 0. The summed E-state index contributed by atoms with van der Waals surface area (Å²) in [7, 11) is 0. The van der Waals surface area contributed by atoms with Crippen LogP contribution in [0.2, 0.25) is 0 Å². The van der Waals surface area contributed by atoms with Crippen molar-refractivity contribution in [3.05, 3.63) is 71.9 Å². The van der Waals surface area contributed by atoms with Crippen LogP contribution in [0.15, 0.2) is 60.8 Å². The number of hydrogen-bond donors (Lipinski definition) is 0. The molecule has 0 N–H and O–H groups in total. The van der Waals surface area contributed by atoms with Crippen LogP contribution >= 0.6 is 0 Å². The lowest BCUT2D eigenvalue weighted by Gasteiger charge is -2.17. The summed E-state index contributed by atoms with van der Waals surface area (Å²) < 4.78 is 1.76. The second-order valence-corrected chi connectivity index (χ2v) is 6.76. The van der Waals surface area contributed by atoms with Crippen molar-refractivity contribution in [2.75, 3.05) is 0 Å². The molecular weight excluding hydrogens is 282 g/mol. The van der Waals surface area contributed by atoms with Gasteiger partial charge in [0, 0.05) is 17.0 Å². The highest BCUT2D eigenvalue weighted by atomic mass is 16.2. The van der Waals surface area contributed by atoms with E-state index in [0.29, 0.717) is 0 Å². The van der Waals surface area contributed by atoms with E-state index in [1.807, 2.05) is 63.4 Å². The number of aromatic nitrogens is 1. The highest BCUT2D eigenvalue weighted by Gasteiger charge is 2.24. The van der Waals surface area contributed by atoms with Crippen LogP contribution in [0.4, 0.5) is 0 Å². The lowest BCUT2D eigenvalue weighted by Crippen LogP contribution is -2.25. The highest BCUT2D eigenvalue weighted by Crippen LogP contribution is 2.25. The molecule has 2 nitrogen and oxygen atoms in total. The lowest BCUT2D eigenvalue weighted by atomic mass is 9.95. The van der Waals surface area contributed by atoms with Gasteiger partial charge >= 0.3 is 0 Å². The van der Waals surface area contributed by atoms with E-state index in [1.54, 1.807) is 4.57 Å². The largest absolute Gasteiger partial charge is 0.287 e. The summed E-state index contributed by atoms with van der Waals surface area (Å²) in [6, 6.07) is 18.3. The van der Waals surface area contributed by atoms with Gasteiger partial charge in [-0.2, -0.15) is 0 Å². The predicted molar refractivity (Wildman–Crippen MR) is 97.4 cm³/mol. The SMILES string of the molecule is CC(C)(C)C(=O)n1ccc2c(C=Cc3ccccc3)cccc21. The van der Waals surface area contributed by atoms with E-state index in [4.69, 9.17) is 0 Å². The minimum absolute atomic E-state index is 0.108. The molecule has 0 radical (unpaired) electrons. The summed E-state index contributed by atoms with van der Waals surface area (Å²) in [4.78, 5) is 12.6. The number of carbonyl (C=O) groups is 1. The van der Waals surface area contributed by atoms with Gasteiger partial charge in [-0.15, -0.1) is 0 Å². The van der Waals surface area contributed by atoms with Crippen LogP contribution < -0.4 is 0 Å². The molecule has 0 spiro atoms. The van der Waals surface area contributed by atoms with Crippen molar-refractivity contribution in [3.8, 4) is 0 Å². The van der Waals surface area contributed by atoms with Gasteiger partial charge in [-0.05, 0) is 23.3 Å². The molecule has 0 saturated heterocycles. The molecule has 0 aliphatic rings. The first-order valence-electron chi connectivity index (χ1n) is 7.85. The van der Waals surface area contributed by atoms with Crippen LogP contribution in [-0.4, -0.2) is 10.5 Å². The molecular formula is C21H21NO. The molecule has 3 aromatic rings. The van der Waals surface area contributed by atoms with E-state index in [1.165, 1.54) is 0 Å². The Kier molecular flexibility index (Phi) is 3.91. The Balaban J connectivity index is 2.03. The lowest BCUT2D eigenvalue weighted by molar-refractivity contribution is 0.0772. The highest BCUT2D eigenvalue weighted by molar-refractivity contribution is 5.98. The fraction of sp³-hybridized carbons (Fsp3) is 0.190. The molecule has 116 valence electrons. The van der Waals surface area contributed by atoms with Crippen molar-refractivity contribution in [1.29, 1.82) is 0 Å². The molecule has 1 heterocycles. The first-order chi connectivity index (χ1) is 11.0. The first kappa shape index (κ1) is 15.3. The molecule has 23 heavy (non-hydrogen) atoms. The Bertz CT molecular complexity index is 864. The normalized spacial score (nSPS) is 12.1.